The van der Waals surface area contributed by atoms with Crippen molar-refractivity contribution in [2.24, 2.45) is 5.92 Å². The Bertz CT molecular complexity index is 857. The summed E-state index contributed by atoms with van der Waals surface area (Å²) in [6.45, 7) is 4.84. The zero-order valence-electron chi connectivity index (χ0n) is 12.9. The van der Waals surface area contributed by atoms with Crippen LogP contribution in [0.2, 0.25) is 0 Å². The minimum atomic E-state index is -0.260. The van der Waals surface area contributed by atoms with Gasteiger partial charge in [-0.1, -0.05) is 13.8 Å². The van der Waals surface area contributed by atoms with Crippen molar-refractivity contribution in [3.8, 4) is 17.5 Å². The molecule has 0 aliphatic carbocycles. The largest absolute Gasteiger partial charge is 0.493 e. The van der Waals surface area contributed by atoms with Crippen molar-refractivity contribution in [1.82, 2.24) is 15.0 Å². The van der Waals surface area contributed by atoms with Gasteiger partial charge >= 0.3 is 6.01 Å². The molecule has 3 aromatic rings. The summed E-state index contributed by atoms with van der Waals surface area (Å²) in [4.78, 5) is 22.8. The Labute approximate surface area is 133 Å². The number of hydrogen-bond acceptors (Lipinski definition) is 5. The van der Waals surface area contributed by atoms with E-state index in [0.29, 0.717) is 29.2 Å². The fourth-order valence-electron chi connectivity index (χ4n) is 2.00. The highest BCUT2D eigenvalue weighted by atomic mass is 16.5. The van der Waals surface area contributed by atoms with E-state index in [9.17, 15) is 4.79 Å². The first kappa shape index (κ1) is 15.0. The number of nitrogens with one attached hydrogen (secondary N) is 1. The summed E-state index contributed by atoms with van der Waals surface area (Å²) in [5.41, 5.74) is 0.229. The molecule has 6 nitrogen and oxygen atoms in total. The number of fused-ring (bicyclic) bond motifs is 1. The molecule has 2 aromatic heterocycles. The monoisotopic (exact) mass is 311 g/mol. The van der Waals surface area contributed by atoms with Crippen LogP contribution in [0.15, 0.2) is 47.5 Å². The van der Waals surface area contributed by atoms with Gasteiger partial charge in [0.15, 0.2) is 0 Å². The van der Waals surface area contributed by atoms with E-state index >= 15 is 0 Å². The normalized spacial score (nSPS) is 10.9. The number of aromatic amines is 1. The lowest BCUT2D eigenvalue weighted by atomic mass is 10.2. The molecule has 0 aliphatic heterocycles. The molecule has 3 rings (SSSR count). The number of benzene rings is 1. The Morgan fingerprint density at radius 2 is 1.87 bits per heavy atom. The summed E-state index contributed by atoms with van der Waals surface area (Å²) in [6, 6.07) is 8.92. The van der Waals surface area contributed by atoms with Crippen molar-refractivity contribution in [2.45, 2.75) is 13.8 Å². The predicted molar refractivity (Wildman–Crippen MR) is 87.0 cm³/mol. The van der Waals surface area contributed by atoms with Gasteiger partial charge in [0.05, 0.1) is 23.7 Å². The van der Waals surface area contributed by atoms with Crippen molar-refractivity contribution < 1.29 is 9.47 Å². The molecule has 0 aliphatic rings. The van der Waals surface area contributed by atoms with Crippen LogP contribution in [0.25, 0.3) is 10.9 Å². The maximum atomic E-state index is 12.0. The highest BCUT2D eigenvalue weighted by Crippen LogP contribution is 2.22. The molecule has 1 N–H and O–H groups in total. The highest BCUT2D eigenvalue weighted by molar-refractivity contribution is 5.76. The van der Waals surface area contributed by atoms with Crippen LogP contribution in [0.3, 0.4) is 0 Å². The molecule has 0 spiro atoms. The summed E-state index contributed by atoms with van der Waals surface area (Å²) < 4.78 is 11.2. The zero-order chi connectivity index (χ0) is 16.2. The Morgan fingerprint density at radius 3 is 2.61 bits per heavy atom. The first-order chi connectivity index (χ1) is 11.1. The molecule has 0 saturated carbocycles. The fraction of sp³-hybridized carbons (Fsp3) is 0.235. The maximum Gasteiger partial charge on any atom is 0.302 e. The van der Waals surface area contributed by atoms with Crippen molar-refractivity contribution in [2.75, 3.05) is 6.61 Å². The van der Waals surface area contributed by atoms with Gasteiger partial charge < -0.3 is 9.47 Å². The quantitative estimate of drug-likeness (QED) is 0.783. The average Bonchev–Trinajstić information content (AvgIpc) is 2.54. The first-order valence-electron chi connectivity index (χ1n) is 7.36. The molecule has 0 radical (unpaired) electrons. The van der Waals surface area contributed by atoms with Gasteiger partial charge in [0, 0.05) is 6.20 Å². The molecule has 23 heavy (non-hydrogen) atoms. The highest BCUT2D eigenvalue weighted by Gasteiger charge is 2.06. The molecule has 0 bridgehead atoms. The molecule has 6 heteroatoms. The van der Waals surface area contributed by atoms with E-state index < -0.39 is 0 Å². The predicted octanol–water partition coefficient (Wildman–Crippen LogP) is 3.15. The molecule has 1 aromatic carbocycles. The third-order valence-corrected chi connectivity index (χ3v) is 3.11. The molecule has 0 saturated heterocycles. The number of ether oxygens (including phenoxy) is 2. The van der Waals surface area contributed by atoms with Crippen LogP contribution >= 0.6 is 0 Å². The molecule has 0 unspecified atom stereocenters. The van der Waals surface area contributed by atoms with Crippen molar-refractivity contribution >= 4 is 10.9 Å². The lowest BCUT2D eigenvalue weighted by Crippen LogP contribution is -2.09. The number of rotatable bonds is 5. The van der Waals surface area contributed by atoms with E-state index in [0.717, 1.165) is 5.75 Å². The van der Waals surface area contributed by atoms with Gasteiger partial charge in [0.25, 0.3) is 5.56 Å². The summed E-state index contributed by atoms with van der Waals surface area (Å²) in [7, 11) is 0. The minimum Gasteiger partial charge on any atom is -0.493 e. The minimum absolute atomic E-state index is 0.131. The van der Waals surface area contributed by atoms with E-state index in [2.05, 4.69) is 28.8 Å². The Hall–Kier alpha value is -2.89. The van der Waals surface area contributed by atoms with Crippen LogP contribution in [0.5, 0.6) is 17.5 Å². The number of H-pyrrole nitrogens is 1. The Kier molecular flexibility index (Phi) is 4.23. The van der Waals surface area contributed by atoms with E-state index in [1.165, 1.54) is 6.20 Å². The number of hydrogen-bond donors (Lipinski definition) is 1. The molecular formula is C17H17N3O3. The van der Waals surface area contributed by atoms with Crippen LogP contribution in [0.1, 0.15) is 13.8 Å². The number of nitrogens with zero attached hydrogens (tertiary/aromatic N) is 2. The third kappa shape index (κ3) is 3.66. The van der Waals surface area contributed by atoms with Crippen LogP contribution < -0.4 is 15.0 Å². The second kappa shape index (κ2) is 6.48. The first-order valence-corrected chi connectivity index (χ1v) is 7.36. The Balaban J connectivity index is 1.78. The van der Waals surface area contributed by atoms with Crippen molar-refractivity contribution in [1.29, 1.82) is 0 Å². The smallest absolute Gasteiger partial charge is 0.302 e. The molecule has 0 fully saturated rings. The van der Waals surface area contributed by atoms with Crippen molar-refractivity contribution in [3.05, 3.63) is 53.1 Å². The fourth-order valence-corrected chi connectivity index (χ4v) is 2.00. The second-order valence-electron chi connectivity index (χ2n) is 5.54. The zero-order valence-corrected chi connectivity index (χ0v) is 12.9. The SMILES string of the molecule is CC(C)COc1ccc(Oc2nc3cnccc3c(=O)[nH]2)cc1. The summed E-state index contributed by atoms with van der Waals surface area (Å²) in [5, 5.41) is 0.477. The van der Waals surface area contributed by atoms with Gasteiger partial charge in [-0.2, -0.15) is 4.98 Å². The molecular weight excluding hydrogens is 294 g/mol. The van der Waals surface area contributed by atoms with E-state index in [1.807, 2.05) is 12.1 Å². The standard InChI is InChI=1S/C17H17N3O3/c1-11(2)10-22-12-3-5-13(6-4-12)23-17-19-15-9-18-8-7-14(15)16(21)20-17/h3-9,11H,10H2,1-2H3,(H,19,20,21). The van der Waals surface area contributed by atoms with Gasteiger partial charge in [-0.3, -0.25) is 14.8 Å². The number of aromatic nitrogens is 3. The summed E-state index contributed by atoms with van der Waals surface area (Å²) in [5.74, 6) is 1.80. The van der Waals surface area contributed by atoms with E-state index in [-0.39, 0.29) is 11.6 Å². The third-order valence-electron chi connectivity index (χ3n) is 3.11. The lowest BCUT2D eigenvalue weighted by Gasteiger charge is -2.09. The average molecular weight is 311 g/mol. The van der Waals surface area contributed by atoms with Crippen molar-refractivity contribution in [3.63, 3.8) is 0 Å². The Morgan fingerprint density at radius 1 is 1.13 bits per heavy atom. The van der Waals surface area contributed by atoms with Crippen LogP contribution in [0.4, 0.5) is 0 Å². The van der Waals surface area contributed by atoms with Crippen LogP contribution in [-0.2, 0) is 0 Å². The summed E-state index contributed by atoms with van der Waals surface area (Å²) in [6.07, 6.45) is 3.08. The topological polar surface area (TPSA) is 77.1 Å². The second-order valence-corrected chi connectivity index (χ2v) is 5.54. The number of pyridine rings is 1. The lowest BCUT2D eigenvalue weighted by molar-refractivity contribution is 0.270. The van der Waals surface area contributed by atoms with E-state index in [4.69, 9.17) is 9.47 Å². The van der Waals surface area contributed by atoms with Gasteiger partial charge in [-0.15, -0.1) is 0 Å². The molecule has 118 valence electrons. The van der Waals surface area contributed by atoms with E-state index in [1.54, 1.807) is 24.4 Å². The van der Waals surface area contributed by atoms with Gasteiger partial charge in [-0.05, 0) is 36.2 Å². The molecule has 0 amide bonds. The summed E-state index contributed by atoms with van der Waals surface area (Å²) >= 11 is 0. The van der Waals surface area contributed by atoms with Gasteiger partial charge in [-0.25, -0.2) is 0 Å². The van der Waals surface area contributed by atoms with Gasteiger partial charge in [0.2, 0.25) is 0 Å². The van der Waals surface area contributed by atoms with Gasteiger partial charge in [0.1, 0.15) is 11.5 Å². The maximum absolute atomic E-state index is 12.0. The molecule has 2 heterocycles. The van der Waals surface area contributed by atoms with Crippen LogP contribution in [-0.4, -0.2) is 21.6 Å². The molecule has 0 atom stereocenters. The van der Waals surface area contributed by atoms with Crippen LogP contribution in [0, 0.1) is 5.92 Å².